The van der Waals surface area contributed by atoms with E-state index >= 15 is 0 Å². The number of ether oxygens (including phenoxy) is 2. The van der Waals surface area contributed by atoms with Crippen LogP contribution in [-0.2, 0) is 7.05 Å². The number of hydrogen-bond acceptors (Lipinski definition) is 7. The maximum Gasteiger partial charge on any atom is 0.297 e. The van der Waals surface area contributed by atoms with Gasteiger partial charge >= 0.3 is 0 Å². The lowest BCUT2D eigenvalue weighted by atomic mass is 10.1. The highest BCUT2D eigenvalue weighted by molar-refractivity contribution is 6.08. The number of hydrogen-bond donors (Lipinski definition) is 3. The quantitative estimate of drug-likeness (QED) is 0.136. The Kier molecular flexibility index (Phi) is 8.79. The van der Waals surface area contributed by atoms with Crippen LogP contribution in [0.15, 0.2) is 101 Å². The van der Waals surface area contributed by atoms with Crippen LogP contribution in [0.1, 0.15) is 16.8 Å². The molecule has 210 valence electrons. The summed E-state index contributed by atoms with van der Waals surface area (Å²) < 4.78 is 13.6. The van der Waals surface area contributed by atoms with Gasteiger partial charge < -0.3 is 24.8 Å². The van der Waals surface area contributed by atoms with E-state index in [0.717, 1.165) is 0 Å². The lowest BCUT2D eigenvalue weighted by molar-refractivity contribution is 0.373. The summed E-state index contributed by atoms with van der Waals surface area (Å²) in [5.41, 5.74) is 2.93. The summed E-state index contributed by atoms with van der Waals surface area (Å²) in [5, 5.41) is 30.5. The largest absolute Gasteiger partial charge is 0.508 e. The number of aromatic hydroxyl groups is 2. The van der Waals surface area contributed by atoms with Crippen molar-refractivity contribution in [1.29, 1.82) is 0 Å². The smallest absolute Gasteiger partial charge is 0.297 e. The third-order valence-electron chi connectivity index (χ3n) is 6.36. The minimum Gasteiger partial charge on any atom is -0.508 e. The summed E-state index contributed by atoms with van der Waals surface area (Å²) in [7, 11) is 4.70. The molecule has 4 rings (SSSR count). The summed E-state index contributed by atoms with van der Waals surface area (Å²) in [5.74, 6) is 0.503. The molecule has 0 aliphatic rings. The van der Waals surface area contributed by atoms with Crippen LogP contribution in [0.25, 0.3) is 17.8 Å². The first kappa shape index (κ1) is 28.6. The molecule has 0 spiro atoms. The average Bonchev–Trinajstić information content (AvgIpc) is 3.19. The monoisotopic (exact) mass is 553 g/mol. The highest BCUT2D eigenvalue weighted by Gasteiger charge is 2.16. The van der Waals surface area contributed by atoms with Gasteiger partial charge in [0.05, 0.1) is 31.3 Å². The van der Waals surface area contributed by atoms with Crippen molar-refractivity contribution in [3.8, 4) is 28.7 Å². The van der Waals surface area contributed by atoms with Gasteiger partial charge in [0.25, 0.3) is 5.56 Å². The molecule has 3 aromatic carbocycles. The highest BCUT2D eigenvalue weighted by Crippen LogP contribution is 2.28. The second-order valence-electron chi connectivity index (χ2n) is 9.05. The zero-order chi connectivity index (χ0) is 29.5. The molecule has 4 aromatic rings. The molecule has 0 saturated carbocycles. The Bertz CT molecular complexity index is 1730. The number of phenols is 2. The van der Waals surface area contributed by atoms with Crippen LogP contribution in [0, 0.1) is 6.92 Å². The predicted molar refractivity (Wildman–Crippen MR) is 161 cm³/mol. The number of aliphatic imine (C=N–C) groups is 1. The Labute approximate surface area is 237 Å². The van der Waals surface area contributed by atoms with Crippen LogP contribution < -0.4 is 15.0 Å². The van der Waals surface area contributed by atoms with Crippen molar-refractivity contribution in [2.45, 2.75) is 6.92 Å². The molecule has 0 aliphatic carbocycles. The van der Waals surface area contributed by atoms with E-state index in [1.54, 1.807) is 61.1 Å². The van der Waals surface area contributed by atoms with Gasteiger partial charge in [-0.25, -0.2) is 9.67 Å². The summed E-state index contributed by atoms with van der Waals surface area (Å²) in [6.07, 6.45) is 7.93. The van der Waals surface area contributed by atoms with Crippen molar-refractivity contribution in [3.63, 3.8) is 0 Å². The molecule has 1 aromatic heterocycles. The van der Waals surface area contributed by atoms with Gasteiger partial charge in [0.1, 0.15) is 5.76 Å². The van der Waals surface area contributed by atoms with Gasteiger partial charge in [0.2, 0.25) is 0 Å². The van der Waals surface area contributed by atoms with Crippen LogP contribution in [-0.4, -0.2) is 44.6 Å². The normalized spacial score (nSPS) is 12.4. The van der Waals surface area contributed by atoms with E-state index in [2.05, 4.69) is 4.99 Å². The van der Waals surface area contributed by atoms with Crippen LogP contribution >= 0.6 is 0 Å². The maximum atomic E-state index is 13.5. The molecule has 0 fully saturated rings. The van der Waals surface area contributed by atoms with Gasteiger partial charge in [-0.3, -0.25) is 9.48 Å². The minimum absolute atomic E-state index is 0.00783. The summed E-state index contributed by atoms with van der Waals surface area (Å²) >= 11 is 0. The van der Waals surface area contributed by atoms with Crippen molar-refractivity contribution in [1.82, 2.24) is 9.36 Å². The molecular weight excluding hydrogens is 522 g/mol. The van der Waals surface area contributed by atoms with Crippen molar-refractivity contribution in [2.75, 3.05) is 14.2 Å². The third-order valence-corrected chi connectivity index (χ3v) is 6.36. The van der Waals surface area contributed by atoms with E-state index in [1.807, 2.05) is 30.3 Å². The van der Waals surface area contributed by atoms with Gasteiger partial charge in [-0.15, -0.1) is 0 Å². The molecular formula is C32H31N3O6. The third kappa shape index (κ3) is 6.59. The van der Waals surface area contributed by atoms with Gasteiger partial charge in [0.15, 0.2) is 28.7 Å². The molecule has 41 heavy (non-hydrogen) atoms. The number of aliphatic hydroxyl groups excluding tert-OH is 1. The zero-order valence-electron chi connectivity index (χ0n) is 23.1. The summed E-state index contributed by atoms with van der Waals surface area (Å²) in [6.45, 7) is 1.80. The number of allylic oxidation sites excluding steroid dienone is 3. The first-order chi connectivity index (χ1) is 19.7. The van der Waals surface area contributed by atoms with E-state index in [4.69, 9.17) is 9.47 Å². The fourth-order valence-corrected chi connectivity index (χ4v) is 4.09. The number of benzene rings is 3. The van der Waals surface area contributed by atoms with Crippen molar-refractivity contribution in [2.24, 2.45) is 12.0 Å². The Balaban J connectivity index is 1.77. The molecule has 0 radical (unpaired) electrons. The Morgan fingerprint density at radius 1 is 0.854 bits per heavy atom. The molecule has 1 heterocycles. The summed E-state index contributed by atoms with van der Waals surface area (Å²) in [6, 6.07) is 18.9. The molecule has 9 heteroatoms. The zero-order valence-corrected chi connectivity index (χ0v) is 23.1. The van der Waals surface area contributed by atoms with Crippen LogP contribution in [0.4, 0.5) is 5.69 Å². The summed E-state index contributed by atoms with van der Waals surface area (Å²) in [4.78, 5) is 18.1. The van der Waals surface area contributed by atoms with Gasteiger partial charge in [0, 0.05) is 13.1 Å². The van der Waals surface area contributed by atoms with E-state index in [0.29, 0.717) is 39.7 Å². The molecule has 0 aliphatic heterocycles. The molecule has 9 nitrogen and oxygen atoms in total. The predicted octanol–water partition coefficient (Wildman–Crippen LogP) is 5.85. The lowest BCUT2D eigenvalue weighted by Crippen LogP contribution is -2.19. The van der Waals surface area contributed by atoms with Crippen molar-refractivity contribution < 1.29 is 24.8 Å². The Hall–Kier alpha value is -5.44. The topological polar surface area (TPSA) is 118 Å². The molecule has 3 N–H and O–H groups in total. The number of phenolic OH excluding ortho intramolecular Hbond substituents is 2. The average molecular weight is 554 g/mol. The van der Waals surface area contributed by atoms with E-state index in [1.165, 1.54) is 43.2 Å². The molecule has 0 unspecified atom stereocenters. The lowest BCUT2D eigenvalue weighted by Gasteiger charge is -2.07. The van der Waals surface area contributed by atoms with Crippen molar-refractivity contribution >= 4 is 23.6 Å². The molecule has 0 saturated heterocycles. The molecule has 0 bridgehead atoms. The molecule has 0 atom stereocenters. The van der Waals surface area contributed by atoms with Gasteiger partial charge in [-0.1, -0.05) is 42.5 Å². The number of para-hydroxylation sites is 1. The van der Waals surface area contributed by atoms with Crippen LogP contribution in [0.2, 0.25) is 0 Å². The first-order valence-electron chi connectivity index (χ1n) is 12.7. The fourth-order valence-electron chi connectivity index (χ4n) is 4.09. The van der Waals surface area contributed by atoms with Gasteiger partial charge in [-0.2, -0.15) is 0 Å². The second kappa shape index (κ2) is 12.6. The van der Waals surface area contributed by atoms with Gasteiger partial charge in [-0.05, 0) is 66.6 Å². The number of aromatic nitrogens is 2. The maximum absolute atomic E-state index is 13.5. The highest BCUT2D eigenvalue weighted by atomic mass is 16.5. The first-order valence-corrected chi connectivity index (χ1v) is 12.7. The standard InChI is InChI=1S/C32H31N3O6/c1-21-31(32(39)35(34(21)2)25-8-6-5-7-9-25)33-24(14-10-22-12-16-27(37)29(18-22)40-3)20-26(36)15-11-23-13-17-28(38)30(19-23)41-4/h5-20,36-38H,1-4H3/b14-10+,15-11+,26-20-,33-24?. The van der Waals surface area contributed by atoms with E-state index in [-0.39, 0.29) is 28.5 Å². The molecule has 0 amide bonds. The second-order valence-corrected chi connectivity index (χ2v) is 9.05. The van der Waals surface area contributed by atoms with E-state index in [9.17, 15) is 20.1 Å². The number of aliphatic hydroxyl groups is 1. The fraction of sp³-hybridized carbons (Fsp3) is 0.125. The van der Waals surface area contributed by atoms with E-state index < -0.39 is 0 Å². The number of nitrogens with zero attached hydrogens (tertiary/aromatic N) is 3. The van der Waals surface area contributed by atoms with Crippen LogP contribution in [0.3, 0.4) is 0 Å². The Morgan fingerprint density at radius 2 is 1.41 bits per heavy atom. The SMILES string of the molecule is COc1cc(/C=C/C(/C=C(O)/C=C/c2ccc(O)c(OC)c2)=Nc2c(C)n(C)n(-c3ccccc3)c2=O)ccc1O. The minimum atomic E-state index is -0.312. The van der Waals surface area contributed by atoms with Crippen molar-refractivity contribution in [3.05, 3.63) is 118 Å². The number of methoxy groups -OCH3 is 2. The Morgan fingerprint density at radius 3 is 1.98 bits per heavy atom. The number of rotatable bonds is 9. The van der Waals surface area contributed by atoms with Crippen LogP contribution in [0.5, 0.6) is 23.0 Å².